The first-order valence-electron chi connectivity index (χ1n) is 6.91. The summed E-state index contributed by atoms with van der Waals surface area (Å²) in [6.07, 6.45) is 5.70. The number of nitrogens with one attached hydrogen (secondary N) is 1. The van der Waals surface area contributed by atoms with E-state index in [4.69, 9.17) is 4.74 Å². The molecule has 0 bridgehead atoms. The highest BCUT2D eigenvalue weighted by Gasteiger charge is 2.11. The average Bonchev–Trinajstić information content (AvgIpc) is 2.44. The van der Waals surface area contributed by atoms with E-state index < -0.39 is 0 Å². The summed E-state index contributed by atoms with van der Waals surface area (Å²) in [4.78, 5) is 11.0. The molecule has 5 nitrogen and oxygen atoms in total. The molecule has 0 aliphatic carbocycles. The van der Waals surface area contributed by atoms with Crippen molar-refractivity contribution in [3.05, 3.63) is 10.7 Å². The van der Waals surface area contributed by atoms with Crippen LogP contribution in [0.2, 0.25) is 0 Å². The fourth-order valence-corrected chi connectivity index (χ4v) is 2.46. The lowest BCUT2D eigenvalue weighted by Crippen LogP contribution is -2.33. The zero-order chi connectivity index (χ0) is 13.5. The molecule has 1 aromatic heterocycles. The number of rotatable bonds is 6. The van der Waals surface area contributed by atoms with Crippen molar-refractivity contribution in [2.45, 2.75) is 26.2 Å². The summed E-state index contributed by atoms with van der Waals surface area (Å²) >= 11 is 3.42. The van der Waals surface area contributed by atoms with Crippen molar-refractivity contribution in [3.8, 4) is 5.88 Å². The van der Waals surface area contributed by atoms with Crippen LogP contribution in [0.15, 0.2) is 10.7 Å². The molecule has 1 fully saturated rings. The summed E-state index contributed by atoms with van der Waals surface area (Å²) in [6, 6.07) is 0. The quantitative estimate of drug-likeness (QED) is 0.869. The molecule has 0 amide bonds. The molecule has 0 radical (unpaired) electrons. The highest BCUT2D eigenvalue weighted by atomic mass is 79.9. The summed E-state index contributed by atoms with van der Waals surface area (Å²) < 4.78 is 6.55. The third-order valence-electron chi connectivity index (χ3n) is 3.14. The number of likely N-dealkylation sites (tertiary alicyclic amines) is 1. The maximum Gasteiger partial charge on any atom is 0.232 e. The minimum absolute atomic E-state index is 0.610. The minimum Gasteiger partial charge on any atom is -0.475 e. The maximum atomic E-state index is 5.75. The van der Waals surface area contributed by atoms with Gasteiger partial charge in [0.1, 0.15) is 6.61 Å². The summed E-state index contributed by atoms with van der Waals surface area (Å²) in [5, 5.41) is 3.08. The van der Waals surface area contributed by atoms with Gasteiger partial charge < -0.3 is 10.1 Å². The number of hydrogen-bond donors (Lipinski definition) is 1. The van der Waals surface area contributed by atoms with Crippen LogP contribution >= 0.6 is 15.9 Å². The van der Waals surface area contributed by atoms with E-state index in [0.29, 0.717) is 18.4 Å². The van der Waals surface area contributed by atoms with Gasteiger partial charge in [0.05, 0.1) is 10.7 Å². The van der Waals surface area contributed by atoms with Gasteiger partial charge in [-0.15, -0.1) is 0 Å². The summed E-state index contributed by atoms with van der Waals surface area (Å²) in [7, 11) is 0. The van der Waals surface area contributed by atoms with Gasteiger partial charge in [0.15, 0.2) is 0 Å². The van der Waals surface area contributed by atoms with Crippen LogP contribution in [0, 0.1) is 0 Å². The van der Waals surface area contributed by atoms with Crippen molar-refractivity contribution < 1.29 is 4.74 Å². The van der Waals surface area contributed by atoms with Gasteiger partial charge in [0, 0.05) is 13.1 Å². The van der Waals surface area contributed by atoms with Gasteiger partial charge in [-0.25, -0.2) is 4.98 Å². The third kappa shape index (κ3) is 4.62. The molecule has 6 heteroatoms. The fraction of sp³-hybridized carbons (Fsp3) is 0.692. The molecule has 1 aromatic rings. The molecule has 0 unspecified atom stereocenters. The SMILES string of the molecule is CCNc1ncc(Br)c(OCCN2CCCCC2)n1. The highest BCUT2D eigenvalue weighted by molar-refractivity contribution is 9.10. The van der Waals surface area contributed by atoms with Crippen LogP contribution in [-0.4, -0.2) is 47.7 Å². The molecule has 106 valence electrons. The van der Waals surface area contributed by atoms with E-state index in [9.17, 15) is 0 Å². The Hall–Kier alpha value is -0.880. The van der Waals surface area contributed by atoms with Crippen molar-refractivity contribution in [1.82, 2.24) is 14.9 Å². The van der Waals surface area contributed by atoms with Crippen molar-refractivity contribution in [2.75, 3.05) is 38.1 Å². The van der Waals surface area contributed by atoms with E-state index >= 15 is 0 Å². The predicted octanol–water partition coefficient (Wildman–Crippen LogP) is 2.54. The number of halogens is 1. The molecule has 2 heterocycles. The van der Waals surface area contributed by atoms with Gasteiger partial charge in [0.2, 0.25) is 11.8 Å². The van der Waals surface area contributed by atoms with Gasteiger partial charge in [-0.05, 0) is 48.8 Å². The smallest absolute Gasteiger partial charge is 0.232 e. The topological polar surface area (TPSA) is 50.3 Å². The van der Waals surface area contributed by atoms with Crippen LogP contribution in [0.1, 0.15) is 26.2 Å². The van der Waals surface area contributed by atoms with Crippen LogP contribution in [0.4, 0.5) is 5.95 Å². The minimum atomic E-state index is 0.610. The van der Waals surface area contributed by atoms with Crippen LogP contribution in [0.25, 0.3) is 0 Å². The molecular weight excluding hydrogens is 308 g/mol. The van der Waals surface area contributed by atoms with Crippen molar-refractivity contribution in [2.24, 2.45) is 0 Å². The lowest BCUT2D eigenvalue weighted by Gasteiger charge is -2.26. The Kier molecular flexibility index (Phi) is 5.85. The lowest BCUT2D eigenvalue weighted by molar-refractivity contribution is 0.180. The molecule has 19 heavy (non-hydrogen) atoms. The normalized spacial score (nSPS) is 16.3. The molecule has 0 spiro atoms. The maximum absolute atomic E-state index is 5.75. The van der Waals surface area contributed by atoms with E-state index in [2.05, 4.69) is 36.1 Å². The first-order valence-corrected chi connectivity index (χ1v) is 7.70. The largest absolute Gasteiger partial charge is 0.475 e. The first-order chi connectivity index (χ1) is 9.29. The van der Waals surface area contributed by atoms with Crippen molar-refractivity contribution in [3.63, 3.8) is 0 Å². The number of aromatic nitrogens is 2. The molecule has 0 saturated carbocycles. The zero-order valence-corrected chi connectivity index (χ0v) is 12.9. The van der Waals surface area contributed by atoms with Gasteiger partial charge in [-0.1, -0.05) is 6.42 Å². The second-order valence-corrected chi connectivity index (χ2v) is 5.48. The average molecular weight is 329 g/mol. The fourth-order valence-electron chi connectivity index (χ4n) is 2.15. The Bertz CT molecular complexity index is 396. The second-order valence-electron chi connectivity index (χ2n) is 4.63. The summed E-state index contributed by atoms with van der Waals surface area (Å²) in [5.74, 6) is 1.22. The molecule has 1 aliphatic rings. The number of piperidine rings is 1. The summed E-state index contributed by atoms with van der Waals surface area (Å²) in [6.45, 7) is 6.83. The Labute approximate surface area is 122 Å². The lowest BCUT2D eigenvalue weighted by atomic mass is 10.1. The number of ether oxygens (including phenoxy) is 1. The highest BCUT2D eigenvalue weighted by Crippen LogP contribution is 2.22. The molecule has 1 aliphatic heterocycles. The second kappa shape index (κ2) is 7.65. The van der Waals surface area contributed by atoms with Crippen LogP contribution in [0.5, 0.6) is 5.88 Å². The predicted molar refractivity (Wildman–Crippen MR) is 79.7 cm³/mol. The Balaban J connectivity index is 1.82. The van der Waals surface area contributed by atoms with E-state index in [1.807, 2.05) is 6.92 Å². The number of nitrogens with zero attached hydrogens (tertiary/aromatic N) is 3. The monoisotopic (exact) mass is 328 g/mol. The third-order valence-corrected chi connectivity index (χ3v) is 3.69. The van der Waals surface area contributed by atoms with Gasteiger partial charge in [-0.2, -0.15) is 4.98 Å². The zero-order valence-electron chi connectivity index (χ0n) is 11.4. The van der Waals surface area contributed by atoms with Crippen LogP contribution < -0.4 is 10.1 Å². The Morgan fingerprint density at radius 1 is 1.37 bits per heavy atom. The molecular formula is C13H21BrN4O. The van der Waals surface area contributed by atoms with E-state index in [1.54, 1.807) is 6.20 Å². The molecule has 1 saturated heterocycles. The van der Waals surface area contributed by atoms with Gasteiger partial charge >= 0.3 is 0 Å². The van der Waals surface area contributed by atoms with E-state index in [0.717, 1.165) is 17.6 Å². The first kappa shape index (κ1) is 14.5. The van der Waals surface area contributed by atoms with E-state index in [-0.39, 0.29) is 0 Å². The number of hydrogen-bond acceptors (Lipinski definition) is 5. The standard InChI is InChI=1S/C13H21BrN4O/c1-2-15-13-16-10-11(14)12(17-13)19-9-8-18-6-4-3-5-7-18/h10H,2-9H2,1H3,(H,15,16,17). The molecule has 0 aromatic carbocycles. The van der Waals surface area contributed by atoms with Gasteiger partial charge in [-0.3, -0.25) is 4.90 Å². The molecule has 1 N–H and O–H groups in total. The number of anilines is 1. The van der Waals surface area contributed by atoms with Crippen LogP contribution in [-0.2, 0) is 0 Å². The Morgan fingerprint density at radius 2 is 2.16 bits per heavy atom. The van der Waals surface area contributed by atoms with Crippen molar-refractivity contribution >= 4 is 21.9 Å². The van der Waals surface area contributed by atoms with Gasteiger partial charge in [0.25, 0.3) is 0 Å². The van der Waals surface area contributed by atoms with Crippen LogP contribution in [0.3, 0.4) is 0 Å². The Morgan fingerprint density at radius 3 is 2.89 bits per heavy atom. The summed E-state index contributed by atoms with van der Waals surface area (Å²) in [5.41, 5.74) is 0. The van der Waals surface area contributed by atoms with Crippen molar-refractivity contribution in [1.29, 1.82) is 0 Å². The molecule has 2 rings (SSSR count). The molecule has 0 atom stereocenters. The van der Waals surface area contributed by atoms with E-state index in [1.165, 1.54) is 32.4 Å².